The molecule has 2 aliphatic carbocycles. The third-order valence-electron chi connectivity index (χ3n) is 4.71. The minimum Gasteiger partial charge on any atom is -0.378 e. The maximum absolute atomic E-state index is 6.26. The second-order valence-electron chi connectivity index (χ2n) is 6.40. The SMILES string of the molecule is CC1CCCC(OCC2(CBr)CCCCC2)C1. The molecule has 2 rings (SSSR count). The highest BCUT2D eigenvalue weighted by atomic mass is 79.9. The second kappa shape index (κ2) is 6.56. The Hall–Kier alpha value is 0.440. The molecule has 100 valence electrons. The molecule has 2 heteroatoms. The highest BCUT2D eigenvalue weighted by Crippen LogP contribution is 2.39. The van der Waals surface area contributed by atoms with Crippen molar-refractivity contribution in [2.24, 2.45) is 11.3 Å². The lowest BCUT2D eigenvalue weighted by atomic mass is 9.76. The molecule has 0 N–H and O–H groups in total. The first-order valence-electron chi connectivity index (χ1n) is 7.42. The molecule has 2 aliphatic rings. The summed E-state index contributed by atoms with van der Waals surface area (Å²) in [5, 5.41) is 1.13. The predicted molar refractivity (Wildman–Crippen MR) is 76.7 cm³/mol. The van der Waals surface area contributed by atoms with E-state index in [4.69, 9.17) is 4.74 Å². The van der Waals surface area contributed by atoms with E-state index in [1.54, 1.807) is 0 Å². The van der Waals surface area contributed by atoms with Crippen molar-refractivity contribution in [3.8, 4) is 0 Å². The molecule has 0 spiro atoms. The fourth-order valence-electron chi connectivity index (χ4n) is 3.44. The number of alkyl halides is 1. The van der Waals surface area contributed by atoms with Crippen LogP contribution in [0, 0.1) is 11.3 Å². The Morgan fingerprint density at radius 2 is 1.88 bits per heavy atom. The number of ether oxygens (including phenoxy) is 1. The molecule has 0 heterocycles. The molecular weight excluding hydrogens is 276 g/mol. The standard InChI is InChI=1S/C15H27BrO/c1-13-6-5-7-14(10-13)17-12-15(11-16)8-3-2-4-9-15/h13-14H,2-12H2,1H3. The maximum atomic E-state index is 6.26. The van der Waals surface area contributed by atoms with Crippen LogP contribution in [0.25, 0.3) is 0 Å². The van der Waals surface area contributed by atoms with Gasteiger partial charge in [0.05, 0.1) is 12.7 Å². The van der Waals surface area contributed by atoms with Crippen molar-refractivity contribution in [2.45, 2.75) is 70.8 Å². The van der Waals surface area contributed by atoms with Crippen molar-refractivity contribution in [1.29, 1.82) is 0 Å². The molecule has 2 unspecified atom stereocenters. The Morgan fingerprint density at radius 3 is 2.53 bits per heavy atom. The zero-order chi connectivity index (χ0) is 12.1. The van der Waals surface area contributed by atoms with Crippen LogP contribution in [0.4, 0.5) is 0 Å². The molecule has 1 nitrogen and oxygen atoms in total. The van der Waals surface area contributed by atoms with Crippen LogP contribution in [0.2, 0.25) is 0 Å². The molecule has 0 amide bonds. The summed E-state index contributed by atoms with van der Waals surface area (Å²) in [5.74, 6) is 0.875. The highest BCUT2D eigenvalue weighted by Gasteiger charge is 2.32. The average Bonchev–Trinajstić information content (AvgIpc) is 2.38. The van der Waals surface area contributed by atoms with Crippen molar-refractivity contribution in [2.75, 3.05) is 11.9 Å². The van der Waals surface area contributed by atoms with Gasteiger partial charge in [-0.1, -0.05) is 55.0 Å². The first-order valence-corrected chi connectivity index (χ1v) is 8.54. The molecule has 0 aromatic heterocycles. The van der Waals surface area contributed by atoms with Gasteiger partial charge in [-0.25, -0.2) is 0 Å². The predicted octanol–water partition coefficient (Wildman–Crippen LogP) is 4.93. The number of hydrogen-bond acceptors (Lipinski definition) is 1. The normalized spacial score (nSPS) is 33.5. The van der Waals surface area contributed by atoms with E-state index in [1.165, 1.54) is 57.8 Å². The van der Waals surface area contributed by atoms with Gasteiger partial charge in [-0.05, 0) is 31.6 Å². The quantitative estimate of drug-likeness (QED) is 0.669. The summed E-state index contributed by atoms with van der Waals surface area (Å²) in [6.07, 6.45) is 12.9. The summed E-state index contributed by atoms with van der Waals surface area (Å²) in [4.78, 5) is 0. The van der Waals surface area contributed by atoms with Crippen LogP contribution < -0.4 is 0 Å². The summed E-state index contributed by atoms with van der Waals surface area (Å²) >= 11 is 3.72. The van der Waals surface area contributed by atoms with Gasteiger partial charge in [0, 0.05) is 10.7 Å². The fraction of sp³-hybridized carbons (Fsp3) is 1.00. The first kappa shape index (κ1) is 13.9. The van der Waals surface area contributed by atoms with Crippen LogP contribution in [-0.4, -0.2) is 18.0 Å². The van der Waals surface area contributed by atoms with Crippen LogP contribution in [-0.2, 0) is 4.74 Å². The van der Waals surface area contributed by atoms with Crippen LogP contribution in [0.5, 0.6) is 0 Å². The van der Waals surface area contributed by atoms with Gasteiger partial charge in [-0.3, -0.25) is 0 Å². The van der Waals surface area contributed by atoms with Crippen LogP contribution in [0.3, 0.4) is 0 Å². The molecule has 17 heavy (non-hydrogen) atoms. The maximum Gasteiger partial charge on any atom is 0.0578 e. The van der Waals surface area contributed by atoms with E-state index in [-0.39, 0.29) is 0 Å². The van der Waals surface area contributed by atoms with E-state index in [1.807, 2.05) is 0 Å². The number of halogens is 1. The molecule has 0 radical (unpaired) electrons. The summed E-state index contributed by atoms with van der Waals surface area (Å²) in [6, 6.07) is 0. The van der Waals surface area contributed by atoms with Crippen molar-refractivity contribution in [3.63, 3.8) is 0 Å². The van der Waals surface area contributed by atoms with E-state index in [2.05, 4.69) is 22.9 Å². The number of hydrogen-bond donors (Lipinski definition) is 0. The summed E-state index contributed by atoms with van der Waals surface area (Å²) in [6.45, 7) is 3.37. The van der Waals surface area contributed by atoms with E-state index >= 15 is 0 Å². The minimum absolute atomic E-state index is 0.457. The van der Waals surface area contributed by atoms with Crippen molar-refractivity contribution in [3.05, 3.63) is 0 Å². The van der Waals surface area contributed by atoms with Gasteiger partial charge in [0.25, 0.3) is 0 Å². The zero-order valence-electron chi connectivity index (χ0n) is 11.2. The summed E-state index contributed by atoms with van der Waals surface area (Å²) in [7, 11) is 0. The molecule has 0 bridgehead atoms. The van der Waals surface area contributed by atoms with Gasteiger partial charge in [0.2, 0.25) is 0 Å². The van der Waals surface area contributed by atoms with Gasteiger partial charge in [-0.2, -0.15) is 0 Å². The van der Waals surface area contributed by atoms with Crippen molar-refractivity contribution in [1.82, 2.24) is 0 Å². The van der Waals surface area contributed by atoms with E-state index in [0.717, 1.165) is 17.9 Å². The molecule has 0 aromatic carbocycles. The Bertz CT molecular complexity index is 223. The minimum atomic E-state index is 0.457. The van der Waals surface area contributed by atoms with Gasteiger partial charge < -0.3 is 4.74 Å². The zero-order valence-corrected chi connectivity index (χ0v) is 12.8. The molecule has 0 aromatic rings. The van der Waals surface area contributed by atoms with Gasteiger partial charge in [0.15, 0.2) is 0 Å². The monoisotopic (exact) mass is 302 g/mol. The van der Waals surface area contributed by atoms with Crippen LogP contribution in [0.15, 0.2) is 0 Å². The summed E-state index contributed by atoms with van der Waals surface area (Å²) < 4.78 is 6.26. The molecule has 2 fully saturated rings. The van der Waals surface area contributed by atoms with Crippen molar-refractivity contribution >= 4 is 15.9 Å². The number of rotatable bonds is 4. The molecule has 0 aliphatic heterocycles. The third-order valence-corrected chi connectivity index (χ3v) is 5.90. The fourth-order valence-corrected chi connectivity index (χ4v) is 4.17. The lowest BCUT2D eigenvalue weighted by molar-refractivity contribution is -0.0372. The van der Waals surface area contributed by atoms with Gasteiger partial charge in [0.1, 0.15) is 0 Å². The molecule has 0 saturated heterocycles. The van der Waals surface area contributed by atoms with Gasteiger partial charge >= 0.3 is 0 Å². The van der Waals surface area contributed by atoms with E-state index < -0.39 is 0 Å². The topological polar surface area (TPSA) is 9.23 Å². The Morgan fingerprint density at radius 1 is 1.12 bits per heavy atom. The highest BCUT2D eigenvalue weighted by molar-refractivity contribution is 9.09. The molecule has 2 saturated carbocycles. The first-order chi connectivity index (χ1) is 8.24. The average molecular weight is 303 g/mol. The smallest absolute Gasteiger partial charge is 0.0578 e. The second-order valence-corrected chi connectivity index (χ2v) is 6.96. The van der Waals surface area contributed by atoms with E-state index in [9.17, 15) is 0 Å². The van der Waals surface area contributed by atoms with Crippen LogP contribution >= 0.6 is 15.9 Å². The Balaban J connectivity index is 1.78. The largest absolute Gasteiger partial charge is 0.378 e. The lowest BCUT2D eigenvalue weighted by Crippen LogP contribution is -2.34. The van der Waals surface area contributed by atoms with E-state index in [0.29, 0.717) is 11.5 Å². The molecular formula is C15H27BrO. The van der Waals surface area contributed by atoms with Gasteiger partial charge in [-0.15, -0.1) is 0 Å². The third kappa shape index (κ3) is 3.96. The van der Waals surface area contributed by atoms with Crippen LogP contribution in [0.1, 0.15) is 64.7 Å². The lowest BCUT2D eigenvalue weighted by Gasteiger charge is -2.37. The summed E-state index contributed by atoms with van der Waals surface area (Å²) in [5.41, 5.74) is 0.457. The molecule has 2 atom stereocenters. The van der Waals surface area contributed by atoms with Crippen molar-refractivity contribution < 1.29 is 4.74 Å². The Kier molecular flexibility index (Phi) is 5.35. The Labute approximate surface area is 115 Å².